The third-order valence-corrected chi connectivity index (χ3v) is 5.05. The van der Waals surface area contributed by atoms with Gasteiger partial charge < -0.3 is 23.3 Å². The average molecular weight is 334 g/mol. The van der Waals surface area contributed by atoms with Crippen LogP contribution in [0.1, 0.15) is 48.2 Å². The molecule has 0 aromatic carbocycles. The SMILES string of the molecule is COC(=O)c1oc(C(C)(C)C)c(CP(=O)(OC)OC)c1CO. The van der Waals surface area contributed by atoms with Crippen LogP contribution in [-0.2, 0) is 36.5 Å². The van der Waals surface area contributed by atoms with Gasteiger partial charge >= 0.3 is 13.6 Å². The van der Waals surface area contributed by atoms with Crippen molar-refractivity contribution >= 4 is 13.6 Å². The van der Waals surface area contributed by atoms with E-state index in [1.165, 1.54) is 21.3 Å². The Morgan fingerprint density at radius 1 is 1.18 bits per heavy atom. The summed E-state index contributed by atoms with van der Waals surface area (Å²) in [5, 5.41) is 9.63. The first-order chi connectivity index (χ1) is 10.1. The molecule has 7 nitrogen and oxygen atoms in total. The summed E-state index contributed by atoms with van der Waals surface area (Å²) in [5.41, 5.74) is 0.214. The Morgan fingerprint density at radius 3 is 2.09 bits per heavy atom. The van der Waals surface area contributed by atoms with Gasteiger partial charge in [0.25, 0.3) is 0 Å². The third kappa shape index (κ3) is 3.79. The molecule has 1 rings (SSSR count). The van der Waals surface area contributed by atoms with E-state index in [1.54, 1.807) is 0 Å². The van der Waals surface area contributed by atoms with Gasteiger partial charge in [-0.25, -0.2) is 4.79 Å². The van der Waals surface area contributed by atoms with Crippen molar-refractivity contribution in [1.82, 2.24) is 0 Å². The van der Waals surface area contributed by atoms with Gasteiger partial charge in [-0.1, -0.05) is 20.8 Å². The molecule has 126 valence electrons. The maximum Gasteiger partial charge on any atom is 0.374 e. The predicted octanol–water partition coefficient (Wildman–Crippen LogP) is 2.84. The van der Waals surface area contributed by atoms with E-state index in [0.29, 0.717) is 11.3 Å². The smallest absolute Gasteiger partial charge is 0.374 e. The molecule has 0 aliphatic rings. The van der Waals surface area contributed by atoms with Gasteiger partial charge in [0.15, 0.2) is 0 Å². The summed E-state index contributed by atoms with van der Waals surface area (Å²) < 4.78 is 32.6. The lowest BCUT2D eigenvalue weighted by Gasteiger charge is -2.20. The lowest BCUT2D eigenvalue weighted by Crippen LogP contribution is -2.13. The molecule has 0 aliphatic heterocycles. The standard InChI is InChI=1S/C14H23O7P/c1-14(2,3)12-10(8-22(17,19-5)20-6)9(7-15)11(21-12)13(16)18-4/h15H,7-8H2,1-6H3. The molecule has 0 atom stereocenters. The molecule has 1 heterocycles. The topological polar surface area (TPSA) is 95.2 Å². The fraction of sp³-hybridized carbons (Fsp3) is 0.643. The zero-order chi connectivity index (χ0) is 17.1. The number of carbonyl (C=O) groups excluding carboxylic acids is 1. The summed E-state index contributed by atoms with van der Waals surface area (Å²) >= 11 is 0. The molecule has 22 heavy (non-hydrogen) atoms. The van der Waals surface area contributed by atoms with Crippen molar-refractivity contribution in [2.75, 3.05) is 21.3 Å². The second-order valence-corrected chi connectivity index (χ2v) is 8.02. The van der Waals surface area contributed by atoms with Crippen molar-refractivity contribution < 1.29 is 32.7 Å². The van der Waals surface area contributed by atoms with Crippen molar-refractivity contribution in [3.8, 4) is 0 Å². The maximum atomic E-state index is 12.4. The molecule has 0 fully saturated rings. The molecule has 8 heteroatoms. The molecule has 0 bridgehead atoms. The van der Waals surface area contributed by atoms with Crippen LogP contribution in [0.25, 0.3) is 0 Å². The Kier molecular flexibility index (Phi) is 5.98. The minimum Gasteiger partial charge on any atom is -0.463 e. The zero-order valence-corrected chi connectivity index (χ0v) is 14.7. The summed E-state index contributed by atoms with van der Waals surface area (Å²) in [6.07, 6.45) is -0.108. The van der Waals surface area contributed by atoms with Gasteiger partial charge in [0.05, 0.1) is 19.9 Å². The van der Waals surface area contributed by atoms with Gasteiger partial charge in [-0.15, -0.1) is 0 Å². The maximum absolute atomic E-state index is 12.4. The first-order valence-corrected chi connectivity index (χ1v) is 8.41. The number of hydrogen-bond donors (Lipinski definition) is 1. The van der Waals surface area contributed by atoms with Crippen LogP contribution in [0, 0.1) is 0 Å². The van der Waals surface area contributed by atoms with E-state index in [4.69, 9.17) is 13.5 Å². The van der Waals surface area contributed by atoms with E-state index in [2.05, 4.69) is 4.74 Å². The Labute approximate surface area is 130 Å². The molecular weight excluding hydrogens is 311 g/mol. The molecule has 0 unspecified atom stereocenters. The quantitative estimate of drug-likeness (QED) is 0.631. The highest BCUT2D eigenvalue weighted by Crippen LogP contribution is 2.52. The third-order valence-electron chi connectivity index (χ3n) is 3.23. The van der Waals surface area contributed by atoms with E-state index in [-0.39, 0.29) is 17.5 Å². The van der Waals surface area contributed by atoms with Gasteiger partial charge in [0.1, 0.15) is 5.76 Å². The van der Waals surface area contributed by atoms with Crippen molar-refractivity contribution in [3.05, 3.63) is 22.6 Å². The van der Waals surface area contributed by atoms with Crippen LogP contribution in [0.4, 0.5) is 0 Å². The van der Waals surface area contributed by atoms with Gasteiger partial charge in [-0.3, -0.25) is 4.57 Å². The Hall–Kier alpha value is -1.14. The van der Waals surface area contributed by atoms with Gasteiger partial charge in [0.2, 0.25) is 5.76 Å². The monoisotopic (exact) mass is 334 g/mol. The summed E-state index contributed by atoms with van der Waals surface area (Å²) in [5.74, 6) is -0.361. The van der Waals surface area contributed by atoms with Crippen LogP contribution in [0.2, 0.25) is 0 Å². The number of aliphatic hydroxyl groups is 1. The first kappa shape index (κ1) is 18.9. The average Bonchev–Trinajstić information content (AvgIpc) is 2.84. The molecule has 1 aromatic heterocycles. The Morgan fingerprint density at radius 2 is 1.73 bits per heavy atom. The van der Waals surface area contributed by atoms with Crippen LogP contribution in [-0.4, -0.2) is 32.4 Å². The number of esters is 1. The van der Waals surface area contributed by atoms with Gasteiger partial charge in [-0.05, 0) is 0 Å². The highest BCUT2D eigenvalue weighted by atomic mass is 31.2. The second kappa shape index (κ2) is 6.96. The first-order valence-electron chi connectivity index (χ1n) is 6.68. The predicted molar refractivity (Wildman–Crippen MR) is 80.0 cm³/mol. The van der Waals surface area contributed by atoms with Crippen LogP contribution in [0.15, 0.2) is 4.42 Å². The van der Waals surface area contributed by atoms with Crippen LogP contribution >= 0.6 is 7.60 Å². The minimum atomic E-state index is -3.39. The molecule has 1 N–H and O–H groups in total. The lowest BCUT2D eigenvalue weighted by atomic mass is 9.90. The fourth-order valence-electron chi connectivity index (χ4n) is 2.09. The summed E-state index contributed by atoms with van der Waals surface area (Å²) in [4.78, 5) is 11.8. The van der Waals surface area contributed by atoms with E-state index in [1.807, 2.05) is 20.8 Å². The fourth-order valence-corrected chi connectivity index (χ4v) is 3.22. The summed E-state index contributed by atoms with van der Waals surface area (Å²) in [6.45, 7) is 5.18. The molecule has 0 amide bonds. The molecular formula is C14H23O7P. The molecule has 0 spiro atoms. The molecule has 1 aromatic rings. The van der Waals surface area contributed by atoms with E-state index in [0.717, 1.165) is 0 Å². The Bertz CT molecular complexity index is 575. The molecule has 0 radical (unpaired) electrons. The van der Waals surface area contributed by atoms with Crippen molar-refractivity contribution in [3.63, 3.8) is 0 Å². The minimum absolute atomic E-state index is 0.0938. The van der Waals surface area contributed by atoms with Crippen molar-refractivity contribution in [1.29, 1.82) is 0 Å². The van der Waals surface area contributed by atoms with E-state index >= 15 is 0 Å². The van der Waals surface area contributed by atoms with Gasteiger partial charge in [0, 0.05) is 30.8 Å². The number of carbonyl (C=O) groups is 1. The van der Waals surface area contributed by atoms with Crippen LogP contribution < -0.4 is 0 Å². The zero-order valence-electron chi connectivity index (χ0n) is 13.8. The normalized spacial score (nSPS) is 12.5. The second-order valence-electron chi connectivity index (χ2n) is 5.75. The summed E-state index contributed by atoms with van der Waals surface area (Å²) in [6, 6.07) is 0. The lowest BCUT2D eigenvalue weighted by molar-refractivity contribution is 0.0556. The number of hydrogen-bond acceptors (Lipinski definition) is 7. The highest BCUT2D eigenvalue weighted by Gasteiger charge is 2.35. The highest BCUT2D eigenvalue weighted by molar-refractivity contribution is 7.52. The van der Waals surface area contributed by atoms with Crippen molar-refractivity contribution in [2.45, 2.75) is 39.0 Å². The molecule has 0 saturated heterocycles. The summed E-state index contributed by atoms with van der Waals surface area (Å²) in [7, 11) is 0.389. The van der Waals surface area contributed by atoms with Gasteiger partial charge in [-0.2, -0.15) is 0 Å². The van der Waals surface area contributed by atoms with E-state index in [9.17, 15) is 14.5 Å². The number of rotatable bonds is 6. The number of methoxy groups -OCH3 is 1. The number of aliphatic hydroxyl groups excluding tert-OH is 1. The number of ether oxygens (including phenoxy) is 1. The molecule has 0 saturated carbocycles. The van der Waals surface area contributed by atoms with Crippen LogP contribution in [0.3, 0.4) is 0 Å². The van der Waals surface area contributed by atoms with Crippen molar-refractivity contribution in [2.24, 2.45) is 0 Å². The van der Waals surface area contributed by atoms with E-state index < -0.39 is 25.6 Å². The Balaban J connectivity index is 3.55. The largest absolute Gasteiger partial charge is 0.463 e. The molecule has 0 aliphatic carbocycles. The van der Waals surface area contributed by atoms with Crippen LogP contribution in [0.5, 0.6) is 0 Å². The number of furan rings is 1.